The minimum Gasteiger partial charge on any atom is -0.318 e. The zero-order chi connectivity index (χ0) is 20.7. The lowest BCUT2D eigenvalue weighted by Gasteiger charge is -2.20. The fraction of sp³-hybridized carbons (Fsp3) is 0.200. The van der Waals surface area contributed by atoms with Crippen LogP contribution in [0.25, 0.3) is 11.8 Å². The Bertz CT molecular complexity index is 1110. The van der Waals surface area contributed by atoms with Crippen LogP contribution in [0, 0.1) is 25.1 Å². The van der Waals surface area contributed by atoms with Crippen molar-refractivity contribution in [3.05, 3.63) is 58.7 Å². The van der Waals surface area contributed by atoms with E-state index in [2.05, 4.69) is 10.1 Å². The van der Waals surface area contributed by atoms with E-state index in [4.69, 9.17) is 5.41 Å². The molecular weight excluding hydrogens is 409 g/mol. The monoisotopic (exact) mass is 427 g/mol. The van der Waals surface area contributed by atoms with Gasteiger partial charge in [0.1, 0.15) is 5.82 Å². The SMILES string of the molecule is CCSC1=NN2C(=N)C(=Cc3cc(C)n(-c4ccc(F)cc4)c3C)C(=O)N=C2S1. The van der Waals surface area contributed by atoms with Gasteiger partial charge < -0.3 is 4.57 Å². The molecule has 0 fully saturated rings. The molecular formula is C20H18FN5OS2. The van der Waals surface area contributed by atoms with Gasteiger partial charge in [-0.2, -0.15) is 10.0 Å². The maximum Gasteiger partial charge on any atom is 0.283 e. The summed E-state index contributed by atoms with van der Waals surface area (Å²) in [6, 6.07) is 8.18. The molecule has 1 amide bonds. The van der Waals surface area contributed by atoms with Crippen molar-refractivity contribution in [1.29, 1.82) is 5.41 Å². The summed E-state index contributed by atoms with van der Waals surface area (Å²) < 4.78 is 16.0. The molecule has 2 aliphatic rings. The van der Waals surface area contributed by atoms with Gasteiger partial charge in [-0.05, 0) is 73.3 Å². The number of rotatable bonds is 3. The van der Waals surface area contributed by atoms with Crippen LogP contribution in [0.4, 0.5) is 4.39 Å². The fourth-order valence-corrected chi connectivity index (χ4v) is 5.06. The first-order valence-electron chi connectivity index (χ1n) is 8.97. The normalized spacial score (nSPS) is 17.7. The molecule has 0 radical (unpaired) electrons. The second kappa shape index (κ2) is 7.64. The smallest absolute Gasteiger partial charge is 0.283 e. The second-order valence-corrected chi connectivity index (χ2v) is 8.92. The number of amides is 1. The molecule has 0 saturated carbocycles. The highest BCUT2D eigenvalue weighted by Crippen LogP contribution is 2.33. The summed E-state index contributed by atoms with van der Waals surface area (Å²) in [7, 11) is 0. The summed E-state index contributed by atoms with van der Waals surface area (Å²) in [4.78, 5) is 16.7. The Morgan fingerprint density at radius 2 is 2.00 bits per heavy atom. The average molecular weight is 428 g/mol. The van der Waals surface area contributed by atoms with Gasteiger partial charge >= 0.3 is 0 Å². The number of aromatic nitrogens is 1. The van der Waals surface area contributed by atoms with Gasteiger partial charge in [0.15, 0.2) is 10.2 Å². The molecule has 0 saturated heterocycles. The number of aryl methyl sites for hydroxylation is 1. The van der Waals surface area contributed by atoms with Crippen molar-refractivity contribution in [2.45, 2.75) is 20.8 Å². The van der Waals surface area contributed by atoms with Crippen molar-refractivity contribution in [2.24, 2.45) is 10.1 Å². The first-order valence-corrected chi connectivity index (χ1v) is 10.8. The number of halogens is 1. The van der Waals surface area contributed by atoms with Crippen molar-refractivity contribution < 1.29 is 9.18 Å². The molecule has 1 aromatic carbocycles. The van der Waals surface area contributed by atoms with Crippen LogP contribution >= 0.6 is 23.5 Å². The van der Waals surface area contributed by atoms with Crippen molar-refractivity contribution in [3.63, 3.8) is 0 Å². The van der Waals surface area contributed by atoms with Gasteiger partial charge in [0.2, 0.25) is 5.17 Å². The van der Waals surface area contributed by atoms with E-state index in [0.717, 1.165) is 32.8 Å². The molecule has 2 aliphatic heterocycles. The molecule has 1 aromatic heterocycles. The third-order valence-corrected chi connectivity index (χ3v) is 6.48. The predicted molar refractivity (Wildman–Crippen MR) is 118 cm³/mol. The summed E-state index contributed by atoms with van der Waals surface area (Å²) in [5.41, 5.74) is 3.66. The molecule has 2 aromatic rings. The number of benzene rings is 1. The molecule has 4 rings (SSSR count). The molecule has 0 spiro atoms. The molecule has 0 aliphatic carbocycles. The first kappa shape index (κ1) is 19.7. The minimum absolute atomic E-state index is 0.0192. The van der Waals surface area contributed by atoms with Crippen molar-refractivity contribution in [3.8, 4) is 5.69 Å². The average Bonchev–Trinajstić information content (AvgIpc) is 3.20. The number of amidine groups is 2. The highest BCUT2D eigenvalue weighted by Gasteiger charge is 2.35. The van der Waals surface area contributed by atoms with Crippen LogP contribution in [0.3, 0.4) is 0 Å². The molecule has 0 bridgehead atoms. The number of hydrogen-bond acceptors (Lipinski definition) is 5. The van der Waals surface area contributed by atoms with Crippen LogP contribution in [0.2, 0.25) is 0 Å². The lowest BCUT2D eigenvalue weighted by molar-refractivity contribution is -0.114. The lowest BCUT2D eigenvalue weighted by Crippen LogP contribution is -2.35. The van der Waals surface area contributed by atoms with E-state index in [0.29, 0.717) is 5.17 Å². The Kier molecular flexibility index (Phi) is 5.18. The number of carbonyl (C=O) groups is 1. The minimum atomic E-state index is -0.446. The molecule has 1 N–H and O–H groups in total. The molecule has 3 heterocycles. The van der Waals surface area contributed by atoms with Crippen LogP contribution in [0.15, 0.2) is 46.0 Å². The molecule has 29 heavy (non-hydrogen) atoms. The summed E-state index contributed by atoms with van der Waals surface area (Å²) in [5.74, 6) is 0.133. The van der Waals surface area contributed by atoms with Gasteiger partial charge in [-0.1, -0.05) is 18.7 Å². The van der Waals surface area contributed by atoms with Gasteiger partial charge in [0, 0.05) is 17.1 Å². The highest BCUT2D eigenvalue weighted by molar-refractivity contribution is 8.45. The van der Waals surface area contributed by atoms with Crippen LogP contribution < -0.4 is 0 Å². The highest BCUT2D eigenvalue weighted by atomic mass is 32.2. The predicted octanol–water partition coefficient (Wildman–Crippen LogP) is 4.56. The fourth-order valence-electron chi connectivity index (χ4n) is 3.23. The van der Waals surface area contributed by atoms with Gasteiger partial charge in [-0.15, -0.1) is 5.10 Å². The van der Waals surface area contributed by atoms with Crippen LogP contribution in [-0.4, -0.2) is 36.6 Å². The van der Waals surface area contributed by atoms with Crippen molar-refractivity contribution >= 4 is 50.9 Å². The third kappa shape index (κ3) is 3.56. The number of aliphatic imine (C=N–C) groups is 1. The van der Waals surface area contributed by atoms with Crippen molar-refractivity contribution in [1.82, 2.24) is 9.58 Å². The zero-order valence-electron chi connectivity index (χ0n) is 16.1. The second-order valence-electron chi connectivity index (χ2n) is 6.46. The Balaban J connectivity index is 1.72. The number of fused-ring (bicyclic) bond motifs is 1. The number of hydrogen-bond donors (Lipinski definition) is 1. The summed E-state index contributed by atoms with van der Waals surface area (Å²) in [5, 5.41) is 14.7. The van der Waals surface area contributed by atoms with Gasteiger partial charge in [-0.3, -0.25) is 10.2 Å². The zero-order valence-corrected chi connectivity index (χ0v) is 17.7. The van der Waals surface area contributed by atoms with Gasteiger partial charge in [-0.25, -0.2) is 4.39 Å². The maximum absolute atomic E-state index is 13.3. The number of thioether (sulfide) groups is 2. The standard InChI is InChI=1S/C20H18FN5OS2/c1-4-28-20-24-26-17(22)16(18(27)23-19(26)29-20)10-13-9-11(2)25(12(13)3)15-7-5-14(21)6-8-15/h5-10,22H,4H2,1-3H3. The number of nitrogens with one attached hydrogen (secondary N) is 1. The lowest BCUT2D eigenvalue weighted by atomic mass is 10.1. The van der Waals surface area contributed by atoms with Crippen LogP contribution in [0.5, 0.6) is 0 Å². The number of carbonyl (C=O) groups excluding carboxylic acids is 1. The van der Waals surface area contributed by atoms with E-state index < -0.39 is 5.91 Å². The maximum atomic E-state index is 13.3. The van der Waals surface area contributed by atoms with Gasteiger partial charge in [0.25, 0.3) is 5.91 Å². The van der Waals surface area contributed by atoms with E-state index in [-0.39, 0.29) is 17.2 Å². The van der Waals surface area contributed by atoms with E-state index in [1.807, 2.05) is 31.4 Å². The molecule has 6 nitrogen and oxygen atoms in total. The Morgan fingerprint density at radius 1 is 1.28 bits per heavy atom. The Labute approximate surface area is 176 Å². The third-order valence-electron chi connectivity index (χ3n) is 4.56. The molecule has 0 atom stereocenters. The Hall–Kier alpha value is -2.65. The van der Waals surface area contributed by atoms with Crippen molar-refractivity contribution in [2.75, 3.05) is 5.75 Å². The van der Waals surface area contributed by atoms with Crippen LogP contribution in [-0.2, 0) is 4.79 Å². The van der Waals surface area contributed by atoms with E-state index in [1.54, 1.807) is 30.0 Å². The Morgan fingerprint density at radius 3 is 2.69 bits per heavy atom. The largest absolute Gasteiger partial charge is 0.318 e. The van der Waals surface area contributed by atoms with Gasteiger partial charge in [0.05, 0.1) is 5.57 Å². The quantitative estimate of drug-likeness (QED) is 0.729. The first-order chi connectivity index (χ1) is 13.9. The van der Waals surface area contributed by atoms with E-state index >= 15 is 0 Å². The summed E-state index contributed by atoms with van der Waals surface area (Å²) >= 11 is 2.86. The summed E-state index contributed by atoms with van der Waals surface area (Å²) in [6.07, 6.45) is 1.68. The number of nitrogens with zero attached hydrogens (tertiary/aromatic N) is 4. The van der Waals surface area contributed by atoms with E-state index in [9.17, 15) is 9.18 Å². The van der Waals surface area contributed by atoms with E-state index in [1.165, 1.54) is 28.9 Å². The number of hydrazone groups is 1. The molecule has 148 valence electrons. The summed E-state index contributed by atoms with van der Waals surface area (Å²) in [6.45, 7) is 5.89. The molecule has 0 unspecified atom stereocenters. The topological polar surface area (TPSA) is 73.8 Å². The van der Waals surface area contributed by atoms with Crippen LogP contribution in [0.1, 0.15) is 23.9 Å². The molecule has 9 heteroatoms.